The van der Waals surface area contributed by atoms with Crippen LogP contribution in [0.4, 0.5) is 0 Å². The first-order valence-corrected chi connectivity index (χ1v) is 8.77. The van der Waals surface area contributed by atoms with E-state index in [9.17, 15) is 14.7 Å². The largest absolute Gasteiger partial charge is 0.481 e. The average Bonchev–Trinajstić information content (AvgIpc) is 2.95. The Morgan fingerprint density at radius 1 is 1.09 bits per heavy atom. The van der Waals surface area contributed by atoms with Crippen molar-refractivity contribution >= 4 is 11.9 Å². The molecule has 3 fully saturated rings. The summed E-state index contributed by atoms with van der Waals surface area (Å²) in [6.07, 6.45) is 7.89. The van der Waals surface area contributed by atoms with E-state index in [1.807, 2.05) is 4.90 Å². The Labute approximate surface area is 132 Å². The second kappa shape index (κ2) is 6.99. The molecule has 2 saturated heterocycles. The predicted octanol–water partition coefficient (Wildman–Crippen LogP) is 2.29. The van der Waals surface area contributed by atoms with Crippen LogP contribution in [0.3, 0.4) is 0 Å². The van der Waals surface area contributed by atoms with Gasteiger partial charge in [-0.1, -0.05) is 19.3 Å². The standard InChI is InChI=1S/C17H27NO4/c19-15(5-4-12-2-1-3-12)18-9-6-13(7-10-18)16-14(17(20)21)8-11-22-16/h12-14,16H,1-11H2,(H,20,21)/t14-,16-/m0/s1. The van der Waals surface area contributed by atoms with Crippen LogP contribution in [0.2, 0.25) is 0 Å². The monoisotopic (exact) mass is 309 g/mol. The first-order valence-electron chi connectivity index (χ1n) is 8.77. The molecule has 0 bridgehead atoms. The van der Waals surface area contributed by atoms with Gasteiger partial charge in [-0.25, -0.2) is 0 Å². The third-order valence-corrected chi connectivity index (χ3v) is 5.80. The maximum absolute atomic E-state index is 12.2. The Morgan fingerprint density at radius 3 is 2.41 bits per heavy atom. The molecule has 5 nitrogen and oxygen atoms in total. The lowest BCUT2D eigenvalue weighted by Crippen LogP contribution is -2.43. The zero-order chi connectivity index (χ0) is 15.5. The van der Waals surface area contributed by atoms with Crippen molar-refractivity contribution in [2.45, 2.75) is 57.5 Å². The van der Waals surface area contributed by atoms with Crippen molar-refractivity contribution in [3.8, 4) is 0 Å². The van der Waals surface area contributed by atoms with Gasteiger partial charge < -0.3 is 14.7 Å². The molecule has 1 saturated carbocycles. The fraction of sp³-hybridized carbons (Fsp3) is 0.882. The fourth-order valence-corrected chi connectivity index (χ4v) is 4.08. The molecule has 0 radical (unpaired) electrons. The number of piperidine rings is 1. The van der Waals surface area contributed by atoms with Gasteiger partial charge in [0, 0.05) is 26.1 Å². The molecule has 1 N–H and O–H groups in total. The quantitative estimate of drug-likeness (QED) is 0.846. The SMILES string of the molecule is O=C(O)[C@H]1CCO[C@H]1C1CCN(C(=O)CCC2CCC2)CC1. The molecule has 124 valence electrons. The molecule has 2 atom stereocenters. The Bertz CT molecular complexity index is 413. The summed E-state index contributed by atoms with van der Waals surface area (Å²) in [4.78, 5) is 25.5. The van der Waals surface area contributed by atoms with Gasteiger partial charge in [-0.15, -0.1) is 0 Å². The number of ether oxygens (including phenoxy) is 1. The number of likely N-dealkylation sites (tertiary alicyclic amines) is 1. The maximum Gasteiger partial charge on any atom is 0.309 e. The average molecular weight is 309 g/mol. The van der Waals surface area contributed by atoms with Gasteiger partial charge in [-0.05, 0) is 37.5 Å². The Hall–Kier alpha value is -1.10. The lowest BCUT2D eigenvalue weighted by molar-refractivity contribution is -0.146. The maximum atomic E-state index is 12.2. The molecule has 3 rings (SSSR count). The van der Waals surface area contributed by atoms with Crippen LogP contribution in [-0.2, 0) is 14.3 Å². The highest BCUT2D eigenvalue weighted by Crippen LogP contribution is 2.34. The molecule has 0 aromatic carbocycles. The summed E-state index contributed by atoms with van der Waals surface area (Å²) in [6.45, 7) is 2.09. The topological polar surface area (TPSA) is 66.8 Å². The summed E-state index contributed by atoms with van der Waals surface area (Å²) in [5.41, 5.74) is 0. The second-order valence-electron chi connectivity index (χ2n) is 7.12. The number of carboxylic acid groups (broad SMARTS) is 1. The number of amides is 1. The van der Waals surface area contributed by atoms with E-state index in [0.29, 0.717) is 25.4 Å². The van der Waals surface area contributed by atoms with E-state index in [1.54, 1.807) is 0 Å². The van der Waals surface area contributed by atoms with Crippen molar-refractivity contribution in [2.75, 3.05) is 19.7 Å². The van der Waals surface area contributed by atoms with Crippen molar-refractivity contribution in [1.29, 1.82) is 0 Å². The molecule has 0 spiro atoms. The molecule has 3 aliphatic rings. The normalized spacial score (nSPS) is 30.3. The van der Waals surface area contributed by atoms with Gasteiger partial charge in [-0.2, -0.15) is 0 Å². The molecule has 0 unspecified atom stereocenters. The van der Waals surface area contributed by atoms with Crippen LogP contribution in [0.15, 0.2) is 0 Å². The van der Waals surface area contributed by atoms with Crippen LogP contribution in [0.25, 0.3) is 0 Å². The summed E-state index contributed by atoms with van der Waals surface area (Å²) < 4.78 is 5.68. The molecule has 0 aromatic rings. The molecule has 0 aromatic heterocycles. The fourth-order valence-electron chi connectivity index (χ4n) is 4.08. The van der Waals surface area contributed by atoms with Crippen molar-refractivity contribution in [3.05, 3.63) is 0 Å². The lowest BCUT2D eigenvalue weighted by Gasteiger charge is -2.36. The van der Waals surface area contributed by atoms with Crippen LogP contribution >= 0.6 is 0 Å². The van der Waals surface area contributed by atoms with Gasteiger partial charge >= 0.3 is 5.97 Å². The molecular weight excluding hydrogens is 282 g/mol. The van der Waals surface area contributed by atoms with E-state index in [0.717, 1.165) is 38.3 Å². The van der Waals surface area contributed by atoms with E-state index >= 15 is 0 Å². The molecule has 5 heteroatoms. The number of hydrogen-bond donors (Lipinski definition) is 1. The number of rotatable bonds is 5. The highest BCUT2D eigenvalue weighted by molar-refractivity contribution is 5.76. The zero-order valence-corrected chi connectivity index (χ0v) is 13.2. The number of nitrogens with zero attached hydrogens (tertiary/aromatic N) is 1. The molecule has 1 amide bonds. The lowest BCUT2D eigenvalue weighted by atomic mass is 9.81. The van der Waals surface area contributed by atoms with E-state index < -0.39 is 5.97 Å². The van der Waals surface area contributed by atoms with Gasteiger partial charge in [0.2, 0.25) is 5.91 Å². The Balaban J connectivity index is 1.43. The first kappa shape index (κ1) is 15.8. The molecular formula is C17H27NO4. The molecule has 22 heavy (non-hydrogen) atoms. The number of hydrogen-bond acceptors (Lipinski definition) is 3. The summed E-state index contributed by atoms with van der Waals surface area (Å²) in [7, 11) is 0. The van der Waals surface area contributed by atoms with Gasteiger partial charge in [0.1, 0.15) is 0 Å². The minimum absolute atomic E-state index is 0.148. The second-order valence-corrected chi connectivity index (χ2v) is 7.12. The third-order valence-electron chi connectivity index (χ3n) is 5.80. The Morgan fingerprint density at radius 2 is 1.82 bits per heavy atom. The van der Waals surface area contributed by atoms with Gasteiger partial charge in [0.25, 0.3) is 0 Å². The zero-order valence-electron chi connectivity index (χ0n) is 13.2. The Kier molecular flexibility index (Phi) is 5.01. The van der Waals surface area contributed by atoms with E-state index in [1.165, 1.54) is 19.3 Å². The van der Waals surface area contributed by atoms with Crippen molar-refractivity contribution in [1.82, 2.24) is 4.90 Å². The number of carbonyl (C=O) groups excluding carboxylic acids is 1. The third kappa shape index (κ3) is 3.45. The summed E-state index contributed by atoms with van der Waals surface area (Å²) in [6, 6.07) is 0. The number of aliphatic carboxylic acids is 1. The van der Waals surface area contributed by atoms with Crippen LogP contribution in [0.1, 0.15) is 51.4 Å². The first-order chi connectivity index (χ1) is 10.6. The highest BCUT2D eigenvalue weighted by Gasteiger charge is 2.40. The summed E-state index contributed by atoms with van der Waals surface area (Å²) >= 11 is 0. The summed E-state index contributed by atoms with van der Waals surface area (Å²) in [5, 5.41) is 9.26. The minimum atomic E-state index is -0.735. The van der Waals surface area contributed by atoms with Gasteiger partial charge in [0.15, 0.2) is 0 Å². The predicted molar refractivity (Wildman–Crippen MR) is 81.4 cm³/mol. The highest BCUT2D eigenvalue weighted by atomic mass is 16.5. The minimum Gasteiger partial charge on any atom is -0.481 e. The van der Waals surface area contributed by atoms with Gasteiger partial charge in [-0.3, -0.25) is 9.59 Å². The van der Waals surface area contributed by atoms with E-state index in [-0.39, 0.29) is 17.9 Å². The van der Waals surface area contributed by atoms with E-state index in [4.69, 9.17) is 4.74 Å². The molecule has 2 heterocycles. The summed E-state index contributed by atoms with van der Waals surface area (Å²) in [5.74, 6) is 0.267. The smallest absolute Gasteiger partial charge is 0.309 e. The number of carboxylic acids is 1. The van der Waals surface area contributed by atoms with Gasteiger partial charge in [0.05, 0.1) is 12.0 Å². The van der Waals surface area contributed by atoms with Crippen LogP contribution < -0.4 is 0 Å². The van der Waals surface area contributed by atoms with Crippen molar-refractivity contribution < 1.29 is 19.4 Å². The van der Waals surface area contributed by atoms with Crippen LogP contribution in [0.5, 0.6) is 0 Å². The van der Waals surface area contributed by atoms with Crippen molar-refractivity contribution in [3.63, 3.8) is 0 Å². The molecule has 1 aliphatic carbocycles. The van der Waals surface area contributed by atoms with Crippen LogP contribution in [0, 0.1) is 17.8 Å². The molecule has 2 aliphatic heterocycles. The van der Waals surface area contributed by atoms with Crippen LogP contribution in [-0.4, -0.2) is 47.7 Å². The van der Waals surface area contributed by atoms with E-state index in [2.05, 4.69) is 0 Å². The number of carbonyl (C=O) groups is 2. The van der Waals surface area contributed by atoms with Crippen molar-refractivity contribution in [2.24, 2.45) is 17.8 Å².